The largest absolute Gasteiger partial charge is 0.491 e. The molecule has 3 heteroatoms. The standard InChI is InChI=1S/C15H24FNO/c1-6-7-17-12(5)13-9-14(16)11(4)8-15(13)18-10(2)3/h8-10,12,17H,6-7H2,1-5H3. The third-order valence-electron chi connectivity index (χ3n) is 2.82. The molecule has 0 saturated carbocycles. The van der Waals surface area contributed by atoms with Crippen LogP contribution < -0.4 is 10.1 Å². The highest BCUT2D eigenvalue weighted by molar-refractivity contribution is 5.40. The number of benzene rings is 1. The van der Waals surface area contributed by atoms with Crippen LogP contribution in [0.4, 0.5) is 4.39 Å². The van der Waals surface area contributed by atoms with E-state index in [0.717, 1.165) is 24.3 Å². The first-order valence-corrected chi connectivity index (χ1v) is 6.65. The molecule has 0 aliphatic heterocycles. The van der Waals surface area contributed by atoms with E-state index in [1.807, 2.05) is 20.8 Å². The molecule has 0 fully saturated rings. The van der Waals surface area contributed by atoms with Crippen LogP contribution in [-0.2, 0) is 0 Å². The van der Waals surface area contributed by atoms with E-state index < -0.39 is 0 Å². The molecular formula is C15H24FNO. The molecular weight excluding hydrogens is 229 g/mol. The Hall–Kier alpha value is -1.09. The highest BCUT2D eigenvalue weighted by atomic mass is 19.1. The zero-order chi connectivity index (χ0) is 13.7. The molecule has 1 unspecified atom stereocenters. The minimum Gasteiger partial charge on any atom is -0.491 e. The van der Waals surface area contributed by atoms with Crippen molar-refractivity contribution >= 4 is 0 Å². The van der Waals surface area contributed by atoms with Gasteiger partial charge in [0.25, 0.3) is 0 Å². The molecule has 1 aromatic carbocycles. The van der Waals surface area contributed by atoms with Crippen molar-refractivity contribution in [2.75, 3.05) is 6.54 Å². The van der Waals surface area contributed by atoms with Crippen molar-refractivity contribution in [2.45, 2.75) is 53.2 Å². The molecule has 0 spiro atoms. The Bertz CT molecular complexity index is 390. The van der Waals surface area contributed by atoms with Crippen LogP contribution in [0.1, 0.15) is 51.3 Å². The summed E-state index contributed by atoms with van der Waals surface area (Å²) < 4.78 is 19.5. The lowest BCUT2D eigenvalue weighted by Gasteiger charge is -2.20. The van der Waals surface area contributed by atoms with Gasteiger partial charge in [0.2, 0.25) is 0 Å². The summed E-state index contributed by atoms with van der Waals surface area (Å²) in [4.78, 5) is 0. The summed E-state index contributed by atoms with van der Waals surface area (Å²) in [7, 11) is 0. The summed E-state index contributed by atoms with van der Waals surface area (Å²) in [6, 6.07) is 3.46. The van der Waals surface area contributed by atoms with E-state index in [2.05, 4.69) is 12.2 Å². The lowest BCUT2D eigenvalue weighted by Crippen LogP contribution is -2.21. The Kier molecular flexibility index (Phi) is 5.60. The van der Waals surface area contributed by atoms with Crippen LogP contribution in [0, 0.1) is 12.7 Å². The van der Waals surface area contributed by atoms with Gasteiger partial charge in [-0.15, -0.1) is 0 Å². The van der Waals surface area contributed by atoms with Gasteiger partial charge >= 0.3 is 0 Å². The van der Waals surface area contributed by atoms with Gasteiger partial charge in [-0.1, -0.05) is 6.92 Å². The summed E-state index contributed by atoms with van der Waals surface area (Å²) in [5, 5.41) is 3.36. The van der Waals surface area contributed by atoms with Crippen molar-refractivity contribution in [3.63, 3.8) is 0 Å². The minimum atomic E-state index is -0.175. The second-order valence-electron chi connectivity index (χ2n) is 4.98. The molecule has 1 aromatic rings. The first-order chi connectivity index (χ1) is 8.45. The Morgan fingerprint density at radius 3 is 2.50 bits per heavy atom. The second-order valence-corrected chi connectivity index (χ2v) is 4.98. The molecule has 0 aliphatic rings. The van der Waals surface area contributed by atoms with E-state index in [0.29, 0.717) is 5.56 Å². The summed E-state index contributed by atoms with van der Waals surface area (Å²) >= 11 is 0. The summed E-state index contributed by atoms with van der Waals surface area (Å²) in [5.41, 5.74) is 1.51. The number of halogens is 1. The molecule has 0 aromatic heterocycles. The molecule has 0 amide bonds. The van der Waals surface area contributed by atoms with Crippen molar-refractivity contribution in [1.29, 1.82) is 0 Å². The minimum absolute atomic E-state index is 0.0898. The summed E-state index contributed by atoms with van der Waals surface area (Å²) in [6.07, 6.45) is 1.14. The van der Waals surface area contributed by atoms with Crippen LogP contribution in [0.25, 0.3) is 0 Å². The summed E-state index contributed by atoms with van der Waals surface area (Å²) in [6.45, 7) is 10.8. The molecule has 0 radical (unpaired) electrons. The lowest BCUT2D eigenvalue weighted by atomic mass is 10.0. The molecule has 0 heterocycles. The van der Waals surface area contributed by atoms with E-state index in [1.165, 1.54) is 0 Å². The normalized spacial score (nSPS) is 12.8. The maximum absolute atomic E-state index is 13.7. The highest BCUT2D eigenvalue weighted by Gasteiger charge is 2.15. The van der Waals surface area contributed by atoms with E-state index in [1.54, 1.807) is 19.1 Å². The topological polar surface area (TPSA) is 21.3 Å². The van der Waals surface area contributed by atoms with E-state index >= 15 is 0 Å². The van der Waals surface area contributed by atoms with Crippen molar-refractivity contribution < 1.29 is 9.13 Å². The Balaban J connectivity index is 3.02. The van der Waals surface area contributed by atoms with E-state index in [9.17, 15) is 4.39 Å². The number of rotatable bonds is 6. The van der Waals surface area contributed by atoms with Gasteiger partial charge < -0.3 is 10.1 Å². The number of hydrogen-bond acceptors (Lipinski definition) is 2. The average molecular weight is 253 g/mol. The molecule has 18 heavy (non-hydrogen) atoms. The van der Waals surface area contributed by atoms with E-state index in [-0.39, 0.29) is 18.0 Å². The Morgan fingerprint density at radius 2 is 1.94 bits per heavy atom. The van der Waals surface area contributed by atoms with Crippen LogP contribution in [0.3, 0.4) is 0 Å². The SMILES string of the molecule is CCCNC(C)c1cc(F)c(C)cc1OC(C)C. The molecule has 1 rings (SSSR count). The van der Waals surface area contributed by atoms with Crippen LogP contribution >= 0.6 is 0 Å². The first-order valence-electron chi connectivity index (χ1n) is 6.65. The van der Waals surface area contributed by atoms with Gasteiger partial charge in [-0.05, 0) is 58.4 Å². The zero-order valence-corrected chi connectivity index (χ0v) is 12.0. The Labute approximate surface area is 110 Å². The fourth-order valence-electron chi connectivity index (χ4n) is 1.84. The molecule has 0 aliphatic carbocycles. The van der Waals surface area contributed by atoms with Crippen molar-refractivity contribution in [3.8, 4) is 5.75 Å². The molecule has 1 atom stereocenters. The zero-order valence-electron chi connectivity index (χ0n) is 12.0. The van der Waals surface area contributed by atoms with Gasteiger partial charge in [-0.3, -0.25) is 0 Å². The molecule has 0 bridgehead atoms. The van der Waals surface area contributed by atoms with Crippen molar-refractivity contribution in [3.05, 3.63) is 29.1 Å². The quantitative estimate of drug-likeness (QED) is 0.828. The van der Waals surface area contributed by atoms with Crippen LogP contribution in [0.2, 0.25) is 0 Å². The van der Waals surface area contributed by atoms with Gasteiger partial charge in [0, 0.05) is 11.6 Å². The van der Waals surface area contributed by atoms with Crippen LogP contribution in [0.5, 0.6) is 5.75 Å². The predicted octanol–water partition coefficient (Wildman–Crippen LogP) is 3.98. The molecule has 0 saturated heterocycles. The third-order valence-corrected chi connectivity index (χ3v) is 2.82. The highest BCUT2D eigenvalue weighted by Crippen LogP contribution is 2.29. The summed E-state index contributed by atoms with van der Waals surface area (Å²) in [5.74, 6) is 0.603. The maximum Gasteiger partial charge on any atom is 0.126 e. The fourth-order valence-corrected chi connectivity index (χ4v) is 1.84. The molecule has 1 N–H and O–H groups in total. The number of aryl methyl sites for hydroxylation is 1. The van der Waals surface area contributed by atoms with Gasteiger partial charge in [-0.25, -0.2) is 4.39 Å². The lowest BCUT2D eigenvalue weighted by molar-refractivity contribution is 0.237. The fraction of sp³-hybridized carbons (Fsp3) is 0.600. The smallest absolute Gasteiger partial charge is 0.126 e. The molecule has 2 nitrogen and oxygen atoms in total. The second kappa shape index (κ2) is 6.74. The van der Waals surface area contributed by atoms with Crippen LogP contribution in [-0.4, -0.2) is 12.6 Å². The third kappa shape index (κ3) is 3.98. The Morgan fingerprint density at radius 1 is 1.28 bits per heavy atom. The van der Waals surface area contributed by atoms with Crippen molar-refractivity contribution in [1.82, 2.24) is 5.32 Å². The predicted molar refractivity (Wildman–Crippen MR) is 73.6 cm³/mol. The average Bonchev–Trinajstić information content (AvgIpc) is 2.29. The maximum atomic E-state index is 13.7. The number of nitrogens with one attached hydrogen (secondary N) is 1. The number of hydrogen-bond donors (Lipinski definition) is 1. The van der Waals surface area contributed by atoms with Gasteiger partial charge in [0.05, 0.1) is 6.10 Å². The van der Waals surface area contributed by atoms with Gasteiger partial charge in [-0.2, -0.15) is 0 Å². The molecule has 102 valence electrons. The monoisotopic (exact) mass is 253 g/mol. The van der Waals surface area contributed by atoms with Gasteiger partial charge in [0.15, 0.2) is 0 Å². The number of ether oxygens (including phenoxy) is 1. The van der Waals surface area contributed by atoms with Gasteiger partial charge in [0.1, 0.15) is 11.6 Å². The van der Waals surface area contributed by atoms with E-state index in [4.69, 9.17) is 4.74 Å². The van der Waals surface area contributed by atoms with Crippen LogP contribution in [0.15, 0.2) is 12.1 Å². The van der Waals surface area contributed by atoms with Crippen molar-refractivity contribution in [2.24, 2.45) is 0 Å². The first kappa shape index (κ1) is 15.0.